The number of Topliss-reactive ketones (excluding diaryl/α,β-unsaturated/α-hetero) is 1. The molecule has 3 heterocycles. The van der Waals surface area contributed by atoms with E-state index in [4.69, 9.17) is 9.47 Å². The van der Waals surface area contributed by atoms with Gasteiger partial charge >= 0.3 is 0 Å². The molecule has 0 bridgehead atoms. The number of hydrogen-bond donors (Lipinski definition) is 1. The van der Waals surface area contributed by atoms with Gasteiger partial charge in [0.25, 0.3) is 11.7 Å². The molecular weight excluding hydrogens is 456 g/mol. The lowest BCUT2D eigenvalue weighted by Crippen LogP contribution is -2.29. The zero-order valence-corrected chi connectivity index (χ0v) is 20.1. The number of fused-ring (bicyclic) bond motifs is 2. The highest BCUT2D eigenvalue weighted by Gasteiger charge is 2.48. The molecule has 7 heteroatoms. The number of rotatable bonds is 3. The van der Waals surface area contributed by atoms with E-state index in [0.717, 1.165) is 27.6 Å². The standard InChI is InChI=1S/C29H24N2O5/c1-16-8-10-19(12-17(16)2)31-26(21-14-30(3)22-7-5-4-6-20(21)22)25(28(33)29(31)34)27(32)18-9-11-23-24(13-18)36-15-35-23/h4-14,26,32H,15H2,1-3H3/b27-25+. The minimum atomic E-state index is -0.816. The Bertz CT molecular complexity index is 1610. The van der Waals surface area contributed by atoms with Gasteiger partial charge in [0.05, 0.1) is 11.6 Å². The van der Waals surface area contributed by atoms with E-state index in [0.29, 0.717) is 22.7 Å². The molecule has 0 aliphatic carbocycles. The number of anilines is 1. The van der Waals surface area contributed by atoms with Gasteiger partial charge in [-0.1, -0.05) is 24.3 Å². The summed E-state index contributed by atoms with van der Waals surface area (Å²) in [6.07, 6.45) is 1.92. The molecule has 1 unspecified atom stereocenters. The Morgan fingerprint density at radius 3 is 2.53 bits per heavy atom. The van der Waals surface area contributed by atoms with Crippen LogP contribution in [-0.4, -0.2) is 28.2 Å². The van der Waals surface area contributed by atoms with E-state index in [1.165, 1.54) is 4.90 Å². The molecule has 1 saturated heterocycles. The number of hydrogen-bond acceptors (Lipinski definition) is 5. The van der Waals surface area contributed by atoms with Crippen LogP contribution in [0.2, 0.25) is 0 Å². The number of ketones is 1. The average molecular weight is 481 g/mol. The Kier molecular flexibility index (Phi) is 4.89. The van der Waals surface area contributed by atoms with Crippen LogP contribution < -0.4 is 14.4 Å². The first-order valence-electron chi connectivity index (χ1n) is 11.7. The topological polar surface area (TPSA) is 81.0 Å². The SMILES string of the molecule is Cc1ccc(N2C(=O)C(=O)/C(=C(/O)c3ccc4c(c3)OCO4)C2c2cn(C)c3ccccc23)cc1C. The molecule has 1 amide bonds. The summed E-state index contributed by atoms with van der Waals surface area (Å²) in [6.45, 7) is 4.05. The summed E-state index contributed by atoms with van der Waals surface area (Å²) in [5.74, 6) is -0.632. The Balaban J connectivity index is 1.61. The summed E-state index contributed by atoms with van der Waals surface area (Å²) >= 11 is 0. The first kappa shape index (κ1) is 22.0. The molecule has 180 valence electrons. The van der Waals surface area contributed by atoms with E-state index in [2.05, 4.69) is 0 Å². The van der Waals surface area contributed by atoms with Gasteiger partial charge in [-0.3, -0.25) is 14.5 Å². The number of benzene rings is 3. The maximum absolute atomic E-state index is 13.5. The molecule has 4 aromatic rings. The lowest BCUT2D eigenvalue weighted by atomic mass is 9.94. The highest BCUT2D eigenvalue weighted by molar-refractivity contribution is 6.52. The molecule has 0 radical (unpaired) electrons. The summed E-state index contributed by atoms with van der Waals surface area (Å²) in [7, 11) is 1.92. The first-order valence-corrected chi connectivity index (χ1v) is 11.7. The molecule has 0 spiro atoms. The van der Waals surface area contributed by atoms with Crippen LogP contribution in [0.1, 0.15) is 28.3 Å². The van der Waals surface area contributed by atoms with Gasteiger partial charge in [-0.25, -0.2) is 0 Å². The fraction of sp³-hybridized carbons (Fsp3) is 0.172. The molecule has 36 heavy (non-hydrogen) atoms. The van der Waals surface area contributed by atoms with E-state index in [1.807, 2.05) is 74.1 Å². The number of aliphatic hydroxyl groups is 1. The van der Waals surface area contributed by atoms with Crippen LogP contribution in [0.25, 0.3) is 16.7 Å². The molecule has 2 aliphatic rings. The quantitative estimate of drug-likeness (QED) is 0.249. The zero-order chi connectivity index (χ0) is 25.1. The fourth-order valence-corrected chi connectivity index (χ4v) is 5.06. The highest BCUT2D eigenvalue weighted by atomic mass is 16.7. The van der Waals surface area contributed by atoms with Crippen molar-refractivity contribution in [1.29, 1.82) is 0 Å². The van der Waals surface area contributed by atoms with Gasteiger partial charge in [-0.2, -0.15) is 0 Å². The largest absolute Gasteiger partial charge is 0.507 e. The van der Waals surface area contributed by atoms with Crippen LogP contribution in [0.4, 0.5) is 5.69 Å². The van der Waals surface area contributed by atoms with Gasteiger partial charge in [-0.05, 0) is 61.4 Å². The molecule has 1 fully saturated rings. The molecular formula is C29H24N2O5. The fourth-order valence-electron chi connectivity index (χ4n) is 5.06. The highest BCUT2D eigenvalue weighted by Crippen LogP contribution is 2.45. The van der Waals surface area contributed by atoms with Crippen LogP contribution in [-0.2, 0) is 16.6 Å². The lowest BCUT2D eigenvalue weighted by Gasteiger charge is -2.25. The average Bonchev–Trinajstić information content (AvgIpc) is 3.55. The Hall–Kier alpha value is -4.52. The van der Waals surface area contributed by atoms with Crippen LogP contribution in [0.15, 0.2) is 72.4 Å². The van der Waals surface area contributed by atoms with Crippen molar-refractivity contribution < 1.29 is 24.2 Å². The number of carbonyl (C=O) groups is 2. The third-order valence-electron chi connectivity index (χ3n) is 7.08. The summed E-state index contributed by atoms with van der Waals surface area (Å²) < 4.78 is 12.8. The second kappa shape index (κ2) is 8.02. The lowest BCUT2D eigenvalue weighted by molar-refractivity contribution is -0.132. The van der Waals surface area contributed by atoms with Crippen molar-refractivity contribution in [1.82, 2.24) is 4.57 Å². The number of ether oxygens (including phenoxy) is 2. The number of aryl methyl sites for hydroxylation is 3. The van der Waals surface area contributed by atoms with Crippen LogP contribution in [0.5, 0.6) is 11.5 Å². The van der Waals surface area contributed by atoms with E-state index in [-0.39, 0.29) is 18.1 Å². The Labute approximate surface area is 207 Å². The van der Waals surface area contributed by atoms with Gasteiger partial charge in [0.1, 0.15) is 5.76 Å². The number of aromatic nitrogens is 1. The zero-order valence-electron chi connectivity index (χ0n) is 20.1. The van der Waals surface area contributed by atoms with Gasteiger partial charge in [-0.15, -0.1) is 0 Å². The second-order valence-corrected chi connectivity index (χ2v) is 9.22. The monoisotopic (exact) mass is 480 g/mol. The molecule has 7 nitrogen and oxygen atoms in total. The van der Waals surface area contributed by atoms with Gasteiger partial charge in [0.15, 0.2) is 11.5 Å². The van der Waals surface area contributed by atoms with E-state index in [9.17, 15) is 14.7 Å². The van der Waals surface area contributed by atoms with Gasteiger partial charge in [0, 0.05) is 41.0 Å². The smallest absolute Gasteiger partial charge is 0.300 e. The number of aliphatic hydroxyl groups excluding tert-OH is 1. The molecule has 1 aromatic heterocycles. The van der Waals surface area contributed by atoms with E-state index >= 15 is 0 Å². The Morgan fingerprint density at radius 2 is 1.72 bits per heavy atom. The summed E-state index contributed by atoms with van der Waals surface area (Å²) in [5.41, 5.74) is 4.81. The van der Waals surface area contributed by atoms with Gasteiger partial charge < -0.3 is 19.1 Å². The van der Waals surface area contributed by atoms with E-state index < -0.39 is 17.7 Å². The van der Waals surface area contributed by atoms with Crippen molar-refractivity contribution in [2.45, 2.75) is 19.9 Å². The van der Waals surface area contributed by atoms with Gasteiger partial charge in [0.2, 0.25) is 6.79 Å². The number of para-hydroxylation sites is 1. The predicted octanol–water partition coefficient (Wildman–Crippen LogP) is 5.15. The molecule has 6 rings (SSSR count). The molecule has 1 N–H and O–H groups in total. The minimum Gasteiger partial charge on any atom is -0.507 e. The molecule has 0 saturated carbocycles. The van der Waals surface area contributed by atoms with Crippen LogP contribution >= 0.6 is 0 Å². The second-order valence-electron chi connectivity index (χ2n) is 9.22. The predicted molar refractivity (Wildman–Crippen MR) is 136 cm³/mol. The third kappa shape index (κ3) is 3.20. The molecule has 3 aromatic carbocycles. The van der Waals surface area contributed by atoms with Crippen molar-refractivity contribution in [3.8, 4) is 11.5 Å². The Morgan fingerprint density at radius 1 is 0.944 bits per heavy atom. The summed E-state index contributed by atoms with van der Waals surface area (Å²) in [5, 5.41) is 12.4. The third-order valence-corrected chi connectivity index (χ3v) is 7.08. The van der Waals surface area contributed by atoms with Crippen molar-refractivity contribution in [3.05, 3.63) is 94.7 Å². The summed E-state index contributed by atoms with van der Waals surface area (Å²) in [4.78, 5) is 28.6. The first-order chi connectivity index (χ1) is 17.3. The normalized spacial score (nSPS) is 18.4. The van der Waals surface area contributed by atoms with Crippen LogP contribution in [0.3, 0.4) is 0 Å². The molecule has 2 aliphatic heterocycles. The summed E-state index contributed by atoms with van der Waals surface area (Å²) in [6, 6.07) is 17.6. The van der Waals surface area contributed by atoms with Crippen molar-refractivity contribution in [2.75, 3.05) is 11.7 Å². The van der Waals surface area contributed by atoms with Crippen molar-refractivity contribution >= 4 is 34.0 Å². The number of amides is 1. The van der Waals surface area contributed by atoms with E-state index in [1.54, 1.807) is 18.2 Å². The minimum absolute atomic E-state index is 0.0356. The number of nitrogens with zero attached hydrogens (tertiary/aromatic N) is 2. The molecule has 1 atom stereocenters. The maximum Gasteiger partial charge on any atom is 0.300 e. The van der Waals surface area contributed by atoms with Crippen molar-refractivity contribution in [2.24, 2.45) is 7.05 Å². The van der Waals surface area contributed by atoms with Crippen molar-refractivity contribution in [3.63, 3.8) is 0 Å². The number of carbonyl (C=O) groups excluding carboxylic acids is 2. The van der Waals surface area contributed by atoms with Crippen LogP contribution in [0, 0.1) is 13.8 Å². The maximum atomic E-state index is 13.5.